The highest BCUT2D eigenvalue weighted by Gasteiger charge is 2.05. The van der Waals surface area contributed by atoms with Crippen LogP contribution in [0.25, 0.3) is 0 Å². The van der Waals surface area contributed by atoms with Crippen molar-refractivity contribution in [1.82, 2.24) is 15.1 Å². The summed E-state index contributed by atoms with van der Waals surface area (Å²) in [5.41, 5.74) is 2.69. The molecule has 1 aromatic carbocycles. The third-order valence-corrected chi connectivity index (χ3v) is 3.58. The maximum absolute atomic E-state index is 6.06. The van der Waals surface area contributed by atoms with Crippen molar-refractivity contribution in [3.63, 3.8) is 0 Å². The Balaban J connectivity index is 1.94. The van der Waals surface area contributed by atoms with Gasteiger partial charge < -0.3 is 10.6 Å². The largest absolute Gasteiger partial charge is 0.357 e. The molecule has 20 heavy (non-hydrogen) atoms. The standard InChI is InChI=1S/C13H14Cl2N4S/c1-8-5-10(18-19(8)2)7-16-13(20)17-12-6-9(14)3-4-11(12)15/h3-6H,7H2,1-2H3,(H2,16,17,20). The van der Waals surface area contributed by atoms with Gasteiger partial charge in [-0.15, -0.1) is 0 Å². The average molecular weight is 329 g/mol. The molecule has 0 atom stereocenters. The van der Waals surface area contributed by atoms with Crippen LogP contribution in [-0.2, 0) is 13.6 Å². The fourth-order valence-corrected chi connectivity index (χ4v) is 2.17. The van der Waals surface area contributed by atoms with E-state index in [0.717, 1.165) is 11.4 Å². The molecular formula is C13H14Cl2N4S. The van der Waals surface area contributed by atoms with Crippen molar-refractivity contribution in [2.45, 2.75) is 13.5 Å². The molecule has 2 rings (SSSR count). The van der Waals surface area contributed by atoms with Gasteiger partial charge in [0.2, 0.25) is 0 Å². The van der Waals surface area contributed by atoms with Gasteiger partial charge in [-0.05, 0) is 43.4 Å². The van der Waals surface area contributed by atoms with E-state index in [1.165, 1.54) is 0 Å². The SMILES string of the molecule is Cc1cc(CNC(=S)Nc2cc(Cl)ccc2Cl)nn1C. The van der Waals surface area contributed by atoms with Crippen LogP contribution in [0.4, 0.5) is 5.69 Å². The van der Waals surface area contributed by atoms with Gasteiger partial charge in [0, 0.05) is 17.8 Å². The van der Waals surface area contributed by atoms with Gasteiger partial charge in [0.1, 0.15) is 0 Å². The van der Waals surface area contributed by atoms with Crippen LogP contribution >= 0.6 is 35.4 Å². The summed E-state index contributed by atoms with van der Waals surface area (Å²) in [6.45, 7) is 2.55. The quantitative estimate of drug-likeness (QED) is 0.846. The van der Waals surface area contributed by atoms with Crippen LogP contribution in [-0.4, -0.2) is 14.9 Å². The maximum Gasteiger partial charge on any atom is 0.171 e. The third-order valence-electron chi connectivity index (χ3n) is 2.77. The first-order chi connectivity index (χ1) is 9.45. The molecule has 106 valence electrons. The van der Waals surface area contributed by atoms with Crippen LogP contribution in [0.3, 0.4) is 0 Å². The molecule has 0 saturated heterocycles. The fourth-order valence-electron chi connectivity index (χ4n) is 1.65. The molecule has 0 radical (unpaired) electrons. The zero-order chi connectivity index (χ0) is 14.7. The lowest BCUT2D eigenvalue weighted by molar-refractivity contribution is 0.712. The van der Waals surface area contributed by atoms with Crippen LogP contribution in [0.1, 0.15) is 11.4 Å². The summed E-state index contributed by atoms with van der Waals surface area (Å²) in [4.78, 5) is 0. The predicted octanol–water partition coefficient (Wildman–Crippen LogP) is 3.52. The van der Waals surface area contributed by atoms with Gasteiger partial charge >= 0.3 is 0 Å². The van der Waals surface area contributed by atoms with Crippen LogP contribution in [0, 0.1) is 6.92 Å². The van der Waals surface area contributed by atoms with E-state index in [1.807, 2.05) is 24.7 Å². The average Bonchev–Trinajstić information content (AvgIpc) is 2.71. The highest BCUT2D eigenvalue weighted by Crippen LogP contribution is 2.25. The first-order valence-electron chi connectivity index (χ1n) is 5.95. The molecule has 4 nitrogen and oxygen atoms in total. The minimum absolute atomic E-state index is 0.470. The molecule has 2 aromatic rings. The number of nitrogens with one attached hydrogen (secondary N) is 2. The number of anilines is 1. The minimum atomic E-state index is 0.470. The second kappa shape index (κ2) is 6.43. The molecule has 1 heterocycles. The van der Waals surface area contributed by atoms with E-state index in [1.54, 1.807) is 18.2 Å². The summed E-state index contributed by atoms with van der Waals surface area (Å²) in [5.74, 6) is 0. The number of benzene rings is 1. The van der Waals surface area contributed by atoms with Gasteiger partial charge in [0.15, 0.2) is 5.11 Å². The van der Waals surface area contributed by atoms with Crippen molar-refractivity contribution in [1.29, 1.82) is 0 Å². The molecule has 1 aromatic heterocycles. The highest BCUT2D eigenvalue weighted by atomic mass is 35.5. The Labute approximate surface area is 133 Å². The number of halogens is 2. The van der Waals surface area contributed by atoms with Crippen molar-refractivity contribution in [3.8, 4) is 0 Å². The number of hydrogen-bond donors (Lipinski definition) is 2. The van der Waals surface area contributed by atoms with E-state index in [-0.39, 0.29) is 0 Å². The molecule has 0 aliphatic carbocycles. The summed E-state index contributed by atoms with van der Waals surface area (Å²) in [5, 5.41) is 12.1. The third kappa shape index (κ3) is 3.85. The Hall–Kier alpha value is -1.30. The summed E-state index contributed by atoms with van der Waals surface area (Å²) >= 11 is 17.2. The molecule has 0 aliphatic heterocycles. The topological polar surface area (TPSA) is 41.9 Å². The fraction of sp³-hybridized carbons (Fsp3) is 0.231. The zero-order valence-corrected chi connectivity index (χ0v) is 13.4. The van der Waals surface area contributed by atoms with E-state index < -0.39 is 0 Å². The minimum Gasteiger partial charge on any atom is -0.357 e. The second-order valence-electron chi connectivity index (χ2n) is 4.33. The van der Waals surface area contributed by atoms with Crippen LogP contribution in [0.5, 0.6) is 0 Å². The van der Waals surface area contributed by atoms with Crippen LogP contribution in [0.2, 0.25) is 10.0 Å². The van der Waals surface area contributed by atoms with Crippen molar-refractivity contribution < 1.29 is 0 Å². The van der Waals surface area contributed by atoms with Crippen molar-refractivity contribution in [3.05, 3.63) is 45.7 Å². The number of aryl methyl sites for hydroxylation is 2. The first kappa shape index (κ1) is 15.1. The van der Waals surface area contributed by atoms with E-state index in [4.69, 9.17) is 35.4 Å². The summed E-state index contributed by atoms with van der Waals surface area (Å²) < 4.78 is 1.82. The van der Waals surface area contributed by atoms with Crippen LogP contribution in [0.15, 0.2) is 24.3 Å². The van der Waals surface area contributed by atoms with Gasteiger partial charge in [-0.1, -0.05) is 23.2 Å². The van der Waals surface area contributed by atoms with E-state index >= 15 is 0 Å². The van der Waals surface area contributed by atoms with Crippen LogP contribution < -0.4 is 10.6 Å². The summed E-state index contributed by atoms with van der Waals surface area (Å²) in [6.07, 6.45) is 0. The van der Waals surface area contributed by atoms with Gasteiger partial charge in [-0.2, -0.15) is 5.10 Å². The molecule has 2 N–H and O–H groups in total. The molecule has 0 spiro atoms. The van der Waals surface area contributed by atoms with Crippen molar-refractivity contribution in [2.75, 3.05) is 5.32 Å². The number of nitrogens with zero attached hydrogens (tertiary/aromatic N) is 2. The van der Waals surface area contributed by atoms with E-state index in [9.17, 15) is 0 Å². The predicted molar refractivity (Wildman–Crippen MR) is 87.5 cm³/mol. The lowest BCUT2D eigenvalue weighted by Gasteiger charge is -2.11. The Morgan fingerprint density at radius 1 is 1.35 bits per heavy atom. The molecule has 0 unspecified atom stereocenters. The molecule has 0 saturated carbocycles. The molecule has 7 heteroatoms. The number of rotatable bonds is 3. The number of thiocarbonyl (C=S) groups is 1. The smallest absolute Gasteiger partial charge is 0.171 e. The van der Waals surface area contributed by atoms with Crippen molar-refractivity contribution in [2.24, 2.45) is 7.05 Å². The number of aromatic nitrogens is 2. The second-order valence-corrected chi connectivity index (χ2v) is 5.58. The zero-order valence-electron chi connectivity index (χ0n) is 11.1. The lowest BCUT2D eigenvalue weighted by atomic mass is 10.3. The van der Waals surface area contributed by atoms with Gasteiger partial charge in [0.05, 0.1) is 22.9 Å². The molecule has 0 amide bonds. The lowest BCUT2D eigenvalue weighted by Crippen LogP contribution is -2.28. The maximum atomic E-state index is 6.06. The molecule has 0 fully saturated rings. The normalized spacial score (nSPS) is 10.4. The first-order valence-corrected chi connectivity index (χ1v) is 7.11. The molecule has 0 bridgehead atoms. The van der Waals surface area contributed by atoms with Gasteiger partial charge in [-0.25, -0.2) is 0 Å². The van der Waals surface area contributed by atoms with Crippen molar-refractivity contribution >= 4 is 46.2 Å². The summed E-state index contributed by atoms with van der Waals surface area (Å²) in [6, 6.07) is 7.17. The summed E-state index contributed by atoms with van der Waals surface area (Å²) in [7, 11) is 1.90. The Morgan fingerprint density at radius 3 is 2.75 bits per heavy atom. The van der Waals surface area contributed by atoms with Gasteiger partial charge in [0.25, 0.3) is 0 Å². The molecule has 0 aliphatic rings. The number of hydrogen-bond acceptors (Lipinski definition) is 2. The van der Waals surface area contributed by atoms with E-state index in [0.29, 0.717) is 27.4 Å². The molecular weight excluding hydrogens is 315 g/mol. The van der Waals surface area contributed by atoms with E-state index in [2.05, 4.69) is 15.7 Å². The Morgan fingerprint density at radius 2 is 2.10 bits per heavy atom. The highest BCUT2D eigenvalue weighted by molar-refractivity contribution is 7.80. The monoisotopic (exact) mass is 328 g/mol. The Bertz CT molecular complexity index is 620. The van der Waals surface area contributed by atoms with Gasteiger partial charge in [-0.3, -0.25) is 4.68 Å². The Kier molecular flexibility index (Phi) is 4.86.